The Morgan fingerprint density at radius 2 is 2.03 bits per heavy atom. The third kappa shape index (κ3) is 4.47. The van der Waals surface area contributed by atoms with Crippen molar-refractivity contribution in [3.8, 4) is 10.6 Å². The smallest absolute Gasteiger partial charge is 0.225 e. The molecule has 10 nitrogen and oxygen atoms in total. The Balaban J connectivity index is 1.31. The van der Waals surface area contributed by atoms with E-state index in [4.69, 9.17) is 15.0 Å². The lowest BCUT2D eigenvalue weighted by Gasteiger charge is -2.39. The summed E-state index contributed by atoms with van der Waals surface area (Å²) < 4.78 is 0.993. The number of likely N-dealkylation sites (tertiary alicyclic amines) is 1. The third-order valence-corrected chi connectivity index (χ3v) is 8.45. The molecule has 3 aromatic heterocycles. The van der Waals surface area contributed by atoms with Crippen LogP contribution >= 0.6 is 11.3 Å². The van der Waals surface area contributed by atoms with Gasteiger partial charge in [0.15, 0.2) is 5.72 Å². The van der Waals surface area contributed by atoms with E-state index >= 15 is 0 Å². The third-order valence-electron chi connectivity index (χ3n) is 7.40. The highest BCUT2D eigenvalue weighted by Crippen LogP contribution is 2.40. The molecule has 0 bridgehead atoms. The SMILES string of the molecule is Cc1nc(NC2CN(CC3CC3)C2)nc(N[C@@]2(O)CC[C@H](CO)[C@H]2O)c1-c1nc2cnccc2s1. The fourth-order valence-electron chi connectivity index (χ4n) is 5.16. The summed E-state index contributed by atoms with van der Waals surface area (Å²) in [5, 5.41) is 38.9. The largest absolute Gasteiger partial charge is 0.396 e. The first-order valence-electron chi connectivity index (χ1n) is 12.3. The minimum Gasteiger partial charge on any atom is -0.396 e. The van der Waals surface area contributed by atoms with Gasteiger partial charge >= 0.3 is 0 Å². The van der Waals surface area contributed by atoms with Crippen LogP contribution in [0.15, 0.2) is 18.5 Å². The van der Waals surface area contributed by atoms with E-state index < -0.39 is 17.7 Å². The molecule has 5 N–H and O–H groups in total. The van der Waals surface area contributed by atoms with E-state index in [1.807, 2.05) is 13.0 Å². The summed E-state index contributed by atoms with van der Waals surface area (Å²) in [6.45, 7) is 4.83. The van der Waals surface area contributed by atoms with E-state index in [0.29, 0.717) is 35.2 Å². The summed E-state index contributed by atoms with van der Waals surface area (Å²) in [6, 6.07) is 2.19. The minimum atomic E-state index is -1.60. The molecule has 3 atom stereocenters. The zero-order chi connectivity index (χ0) is 24.2. The van der Waals surface area contributed by atoms with Gasteiger partial charge in [0.2, 0.25) is 5.95 Å². The van der Waals surface area contributed by atoms with Gasteiger partial charge in [-0.2, -0.15) is 4.98 Å². The molecule has 3 fully saturated rings. The van der Waals surface area contributed by atoms with Crippen LogP contribution in [0.3, 0.4) is 0 Å². The average molecular weight is 498 g/mol. The molecule has 0 spiro atoms. The number of nitrogens with zero attached hydrogens (tertiary/aromatic N) is 5. The average Bonchev–Trinajstić information content (AvgIpc) is 3.45. The van der Waals surface area contributed by atoms with Crippen molar-refractivity contribution in [2.75, 3.05) is 36.9 Å². The maximum Gasteiger partial charge on any atom is 0.225 e. The number of aromatic nitrogens is 4. The van der Waals surface area contributed by atoms with Crippen molar-refractivity contribution >= 4 is 33.3 Å². The lowest BCUT2D eigenvalue weighted by Crippen LogP contribution is -2.55. The molecule has 1 aliphatic heterocycles. The van der Waals surface area contributed by atoms with Gasteiger partial charge in [0, 0.05) is 38.4 Å². The molecule has 35 heavy (non-hydrogen) atoms. The molecule has 0 aromatic carbocycles. The van der Waals surface area contributed by atoms with Gasteiger partial charge in [-0.25, -0.2) is 9.97 Å². The van der Waals surface area contributed by atoms with Crippen LogP contribution in [0.2, 0.25) is 0 Å². The van der Waals surface area contributed by atoms with Crippen LogP contribution in [-0.4, -0.2) is 84.3 Å². The number of fused-ring (bicyclic) bond motifs is 1. The zero-order valence-electron chi connectivity index (χ0n) is 19.7. The second-order valence-electron chi connectivity index (χ2n) is 10.2. The van der Waals surface area contributed by atoms with E-state index in [1.54, 1.807) is 12.4 Å². The number of nitrogens with one attached hydrogen (secondary N) is 2. The molecule has 1 saturated heterocycles. The Bertz CT molecular complexity index is 1200. The first kappa shape index (κ1) is 23.0. The molecule has 3 aromatic rings. The normalized spacial score (nSPS) is 27.3. The lowest BCUT2D eigenvalue weighted by molar-refractivity contribution is -0.0545. The quantitative estimate of drug-likeness (QED) is 0.293. The maximum atomic E-state index is 11.3. The van der Waals surface area contributed by atoms with E-state index in [-0.39, 0.29) is 12.6 Å². The number of rotatable bonds is 8. The summed E-state index contributed by atoms with van der Waals surface area (Å²) in [4.78, 5) is 20.9. The molecule has 0 amide bonds. The molecule has 11 heteroatoms. The van der Waals surface area contributed by atoms with E-state index in [0.717, 1.165) is 34.9 Å². The number of aliphatic hydroxyl groups excluding tert-OH is 2. The van der Waals surface area contributed by atoms with Crippen molar-refractivity contribution in [2.24, 2.45) is 11.8 Å². The molecule has 6 rings (SSSR count). The summed E-state index contributed by atoms with van der Waals surface area (Å²) >= 11 is 1.51. The van der Waals surface area contributed by atoms with Crippen molar-refractivity contribution in [3.63, 3.8) is 0 Å². The van der Waals surface area contributed by atoms with Gasteiger partial charge in [-0.1, -0.05) is 0 Å². The van der Waals surface area contributed by atoms with Crippen LogP contribution in [-0.2, 0) is 0 Å². The number of thiazole rings is 1. The predicted molar refractivity (Wildman–Crippen MR) is 134 cm³/mol. The monoisotopic (exact) mass is 497 g/mol. The number of aryl methyl sites for hydroxylation is 1. The summed E-state index contributed by atoms with van der Waals surface area (Å²) in [7, 11) is 0. The Hall–Kier alpha value is -2.44. The van der Waals surface area contributed by atoms with Crippen LogP contribution in [0.25, 0.3) is 20.8 Å². The van der Waals surface area contributed by atoms with Gasteiger partial charge in [-0.05, 0) is 44.6 Å². The van der Waals surface area contributed by atoms with Crippen LogP contribution in [0.1, 0.15) is 31.4 Å². The Morgan fingerprint density at radius 1 is 1.20 bits per heavy atom. The molecule has 2 saturated carbocycles. The van der Waals surface area contributed by atoms with Crippen LogP contribution in [0.5, 0.6) is 0 Å². The molecular formula is C24H31N7O3S. The Morgan fingerprint density at radius 3 is 2.74 bits per heavy atom. The number of aliphatic hydroxyl groups is 3. The van der Waals surface area contributed by atoms with Gasteiger partial charge < -0.3 is 26.0 Å². The van der Waals surface area contributed by atoms with Gasteiger partial charge in [0.25, 0.3) is 0 Å². The number of hydrogen-bond acceptors (Lipinski definition) is 11. The molecule has 0 unspecified atom stereocenters. The highest BCUT2D eigenvalue weighted by Gasteiger charge is 2.47. The highest BCUT2D eigenvalue weighted by atomic mass is 32.1. The molecule has 186 valence electrons. The standard InChI is InChI=1S/C24H31N7O3S/c1-13-19(22-28-17-8-25-7-5-18(17)35-22)21(30-24(34)6-4-15(12-32)20(24)33)29-23(26-13)27-16-10-31(11-16)9-14-2-3-14/h5,7-8,14-16,20,32-34H,2-4,6,9-12H2,1H3,(H2,26,27,29,30)/t15-,20-,24-/m1/s1. The van der Waals surface area contributed by atoms with Crippen molar-refractivity contribution in [1.29, 1.82) is 0 Å². The Labute approximate surface area is 207 Å². The highest BCUT2D eigenvalue weighted by molar-refractivity contribution is 7.21. The summed E-state index contributed by atoms with van der Waals surface area (Å²) in [5.74, 6) is 1.39. The van der Waals surface area contributed by atoms with Gasteiger partial charge in [0.1, 0.15) is 22.4 Å². The van der Waals surface area contributed by atoms with Gasteiger partial charge in [0.05, 0.1) is 28.2 Å². The number of hydrogen-bond donors (Lipinski definition) is 5. The van der Waals surface area contributed by atoms with Crippen molar-refractivity contribution in [3.05, 3.63) is 24.2 Å². The summed E-state index contributed by atoms with van der Waals surface area (Å²) in [6.07, 6.45) is 5.84. The first-order valence-corrected chi connectivity index (χ1v) is 13.1. The molecular weight excluding hydrogens is 466 g/mol. The van der Waals surface area contributed by atoms with E-state index in [9.17, 15) is 15.3 Å². The van der Waals surface area contributed by atoms with Crippen molar-refractivity contribution in [2.45, 2.75) is 50.5 Å². The second kappa shape index (κ2) is 8.90. The maximum absolute atomic E-state index is 11.3. The van der Waals surface area contributed by atoms with Crippen LogP contribution < -0.4 is 10.6 Å². The number of anilines is 2. The molecule has 4 heterocycles. The fraction of sp³-hybridized carbons (Fsp3) is 0.583. The summed E-state index contributed by atoms with van der Waals surface area (Å²) in [5.41, 5.74) is 0.593. The minimum absolute atomic E-state index is 0.183. The Kier molecular flexibility index (Phi) is 5.84. The van der Waals surface area contributed by atoms with Crippen molar-refractivity contribution in [1.82, 2.24) is 24.8 Å². The molecule has 0 radical (unpaired) electrons. The topological polar surface area (TPSA) is 140 Å². The van der Waals surface area contributed by atoms with E-state index in [1.165, 1.54) is 30.7 Å². The van der Waals surface area contributed by atoms with Gasteiger partial charge in [-0.3, -0.25) is 9.88 Å². The molecule has 3 aliphatic rings. The zero-order valence-corrected chi connectivity index (χ0v) is 20.5. The van der Waals surface area contributed by atoms with Gasteiger partial charge in [-0.15, -0.1) is 11.3 Å². The number of pyridine rings is 1. The lowest BCUT2D eigenvalue weighted by atomic mass is 10.0. The van der Waals surface area contributed by atoms with Crippen molar-refractivity contribution < 1.29 is 15.3 Å². The van der Waals surface area contributed by atoms with Crippen LogP contribution in [0.4, 0.5) is 11.8 Å². The predicted octanol–water partition coefficient (Wildman–Crippen LogP) is 1.83. The fourth-order valence-corrected chi connectivity index (χ4v) is 6.19. The van der Waals surface area contributed by atoms with E-state index in [2.05, 4.69) is 20.5 Å². The first-order chi connectivity index (χ1) is 16.9. The van der Waals surface area contributed by atoms with Crippen LogP contribution in [0, 0.1) is 18.8 Å². The second-order valence-corrected chi connectivity index (χ2v) is 11.2. The molecule has 2 aliphatic carbocycles.